The largest absolute Gasteiger partial charge is 0.493 e. The molecule has 2 rings (SSSR count). The van der Waals surface area contributed by atoms with E-state index in [-0.39, 0.29) is 5.91 Å². The number of nitrogens with zero attached hydrogens (tertiary/aromatic N) is 1. The van der Waals surface area contributed by atoms with Gasteiger partial charge in [0.15, 0.2) is 11.5 Å². The second-order valence-electron chi connectivity index (χ2n) is 7.12. The van der Waals surface area contributed by atoms with Crippen LogP contribution in [0.15, 0.2) is 16.6 Å². The molecular weight excluding hydrogens is 396 g/mol. The average Bonchev–Trinajstić information content (AvgIpc) is 2.64. The second kappa shape index (κ2) is 10.2. The molecule has 0 spiro atoms. The van der Waals surface area contributed by atoms with Crippen LogP contribution in [-0.2, 0) is 0 Å². The van der Waals surface area contributed by atoms with Crippen molar-refractivity contribution in [2.75, 3.05) is 33.4 Å². The Morgan fingerprint density at radius 1 is 1.38 bits per heavy atom. The van der Waals surface area contributed by atoms with Gasteiger partial charge < -0.3 is 14.8 Å². The van der Waals surface area contributed by atoms with Crippen molar-refractivity contribution in [3.05, 3.63) is 22.2 Å². The van der Waals surface area contributed by atoms with E-state index < -0.39 is 0 Å². The molecule has 1 N–H and O–H groups in total. The van der Waals surface area contributed by atoms with Gasteiger partial charge in [0.2, 0.25) is 0 Å². The third-order valence-electron chi connectivity index (χ3n) is 4.94. The first-order chi connectivity index (χ1) is 12.5. The van der Waals surface area contributed by atoms with Gasteiger partial charge in [-0.3, -0.25) is 9.69 Å². The number of nitrogens with one attached hydrogen (secondary N) is 1. The summed E-state index contributed by atoms with van der Waals surface area (Å²) < 4.78 is 11.9. The van der Waals surface area contributed by atoms with Crippen molar-refractivity contribution in [2.24, 2.45) is 5.92 Å². The molecule has 0 saturated carbocycles. The predicted octanol–water partition coefficient (Wildman–Crippen LogP) is 4.10. The number of hydrogen-bond acceptors (Lipinski definition) is 4. The van der Waals surface area contributed by atoms with Crippen molar-refractivity contribution in [3.8, 4) is 11.5 Å². The van der Waals surface area contributed by atoms with Crippen molar-refractivity contribution >= 4 is 21.8 Å². The standard InChI is InChI=1S/C20H31BrN2O3/c1-5-10-26-19-17(21)11-16(12-18(19)25-4)20(24)22-13-15(3)23-8-6-14(2)7-9-23/h11-12,14-15H,5-10,13H2,1-4H3,(H,22,24). The van der Waals surface area contributed by atoms with Crippen molar-refractivity contribution in [1.29, 1.82) is 0 Å². The minimum absolute atomic E-state index is 0.0942. The smallest absolute Gasteiger partial charge is 0.251 e. The lowest BCUT2D eigenvalue weighted by atomic mass is 9.98. The van der Waals surface area contributed by atoms with Crippen LogP contribution >= 0.6 is 15.9 Å². The molecule has 26 heavy (non-hydrogen) atoms. The zero-order valence-electron chi connectivity index (χ0n) is 16.3. The molecule has 1 heterocycles. The number of rotatable bonds is 8. The summed E-state index contributed by atoms with van der Waals surface area (Å²) >= 11 is 3.49. The molecule has 1 atom stereocenters. The van der Waals surface area contributed by atoms with Crippen LogP contribution in [0.5, 0.6) is 11.5 Å². The first-order valence-electron chi connectivity index (χ1n) is 9.48. The van der Waals surface area contributed by atoms with Gasteiger partial charge in [-0.1, -0.05) is 13.8 Å². The predicted molar refractivity (Wildman–Crippen MR) is 108 cm³/mol. The Balaban J connectivity index is 1.97. The molecule has 1 saturated heterocycles. The summed E-state index contributed by atoms with van der Waals surface area (Å²) in [5.74, 6) is 1.92. The summed E-state index contributed by atoms with van der Waals surface area (Å²) in [6.45, 7) is 10.00. The highest BCUT2D eigenvalue weighted by atomic mass is 79.9. The Hall–Kier alpha value is -1.27. The molecule has 1 aliphatic rings. The van der Waals surface area contributed by atoms with Crippen LogP contribution in [0.25, 0.3) is 0 Å². The minimum Gasteiger partial charge on any atom is -0.493 e. The van der Waals surface area contributed by atoms with Crippen molar-refractivity contribution < 1.29 is 14.3 Å². The Labute approximate surface area is 165 Å². The second-order valence-corrected chi connectivity index (χ2v) is 7.97. The average molecular weight is 427 g/mol. The number of carbonyl (C=O) groups is 1. The Kier molecular flexibility index (Phi) is 8.22. The third-order valence-corrected chi connectivity index (χ3v) is 5.53. The fourth-order valence-electron chi connectivity index (χ4n) is 3.14. The van der Waals surface area contributed by atoms with E-state index in [1.807, 2.05) is 6.92 Å². The van der Waals surface area contributed by atoms with Gasteiger partial charge in [0.1, 0.15) is 0 Å². The molecule has 6 heteroatoms. The highest BCUT2D eigenvalue weighted by Crippen LogP contribution is 2.36. The molecule has 5 nitrogen and oxygen atoms in total. The summed E-state index contributed by atoms with van der Waals surface area (Å²) in [7, 11) is 1.59. The summed E-state index contributed by atoms with van der Waals surface area (Å²) in [5, 5.41) is 3.05. The van der Waals surface area contributed by atoms with E-state index in [1.54, 1.807) is 19.2 Å². The number of halogens is 1. The van der Waals surface area contributed by atoms with Gasteiger partial charge in [-0.15, -0.1) is 0 Å². The number of ether oxygens (including phenoxy) is 2. The molecule has 1 aliphatic heterocycles. The molecule has 0 aromatic heterocycles. The zero-order valence-corrected chi connectivity index (χ0v) is 17.9. The van der Waals surface area contributed by atoms with Gasteiger partial charge in [0.05, 0.1) is 18.2 Å². The molecule has 1 amide bonds. The van der Waals surface area contributed by atoms with Crippen LogP contribution < -0.4 is 14.8 Å². The first kappa shape index (κ1) is 21.0. The van der Waals surface area contributed by atoms with Gasteiger partial charge >= 0.3 is 0 Å². The number of benzene rings is 1. The molecule has 146 valence electrons. The van der Waals surface area contributed by atoms with Crippen LogP contribution in [0.1, 0.15) is 50.4 Å². The Bertz CT molecular complexity index is 601. The fourth-order valence-corrected chi connectivity index (χ4v) is 3.69. The number of likely N-dealkylation sites (tertiary alicyclic amines) is 1. The maximum Gasteiger partial charge on any atom is 0.251 e. The van der Waals surface area contributed by atoms with E-state index in [9.17, 15) is 4.79 Å². The lowest BCUT2D eigenvalue weighted by Crippen LogP contribution is -2.45. The first-order valence-corrected chi connectivity index (χ1v) is 10.3. The van der Waals surface area contributed by atoms with E-state index in [4.69, 9.17) is 9.47 Å². The quantitative estimate of drug-likeness (QED) is 0.679. The maximum absolute atomic E-state index is 12.6. The monoisotopic (exact) mass is 426 g/mol. The molecule has 0 aliphatic carbocycles. The van der Waals surface area contributed by atoms with Crippen LogP contribution in [0.2, 0.25) is 0 Å². The summed E-state index contributed by atoms with van der Waals surface area (Å²) in [5.41, 5.74) is 0.567. The van der Waals surface area contributed by atoms with Gasteiger partial charge in [-0.05, 0) is 73.3 Å². The number of hydrogen-bond donors (Lipinski definition) is 1. The molecule has 1 aromatic rings. The molecule has 0 bridgehead atoms. The SMILES string of the molecule is CCCOc1c(Br)cc(C(=O)NCC(C)N2CCC(C)CC2)cc1OC. The Morgan fingerprint density at radius 3 is 2.69 bits per heavy atom. The summed E-state index contributed by atoms with van der Waals surface area (Å²) in [4.78, 5) is 15.0. The number of piperidine rings is 1. The fraction of sp³-hybridized carbons (Fsp3) is 0.650. The normalized spacial score (nSPS) is 17.0. The molecular formula is C20H31BrN2O3. The number of amides is 1. The van der Waals surface area contributed by atoms with Crippen molar-refractivity contribution in [1.82, 2.24) is 10.2 Å². The van der Waals surface area contributed by atoms with Gasteiger partial charge in [0.25, 0.3) is 5.91 Å². The van der Waals surface area contributed by atoms with E-state index in [0.29, 0.717) is 36.3 Å². The van der Waals surface area contributed by atoms with Crippen molar-refractivity contribution in [2.45, 2.75) is 46.1 Å². The maximum atomic E-state index is 12.6. The van der Waals surface area contributed by atoms with Crippen molar-refractivity contribution in [3.63, 3.8) is 0 Å². The topological polar surface area (TPSA) is 50.8 Å². The van der Waals surface area contributed by atoms with Gasteiger partial charge in [0, 0.05) is 18.2 Å². The van der Waals surface area contributed by atoms with Crippen LogP contribution in [0, 0.1) is 5.92 Å². The number of methoxy groups -OCH3 is 1. The van der Waals surface area contributed by atoms with E-state index in [2.05, 4.69) is 40.0 Å². The molecule has 1 aromatic carbocycles. The van der Waals surface area contributed by atoms with Crippen LogP contribution in [0.3, 0.4) is 0 Å². The lowest BCUT2D eigenvalue weighted by Gasteiger charge is -2.35. The Morgan fingerprint density at radius 2 is 2.08 bits per heavy atom. The lowest BCUT2D eigenvalue weighted by molar-refractivity contribution is 0.0921. The molecule has 0 radical (unpaired) electrons. The van der Waals surface area contributed by atoms with Gasteiger partial charge in [-0.2, -0.15) is 0 Å². The summed E-state index contributed by atoms with van der Waals surface area (Å²) in [6, 6.07) is 3.86. The van der Waals surface area contributed by atoms with E-state index >= 15 is 0 Å². The van der Waals surface area contributed by atoms with Crippen LogP contribution in [-0.4, -0.2) is 50.2 Å². The minimum atomic E-state index is -0.0942. The zero-order chi connectivity index (χ0) is 19.1. The highest BCUT2D eigenvalue weighted by molar-refractivity contribution is 9.10. The molecule has 1 unspecified atom stereocenters. The van der Waals surface area contributed by atoms with E-state index in [1.165, 1.54) is 12.8 Å². The third kappa shape index (κ3) is 5.61. The van der Waals surface area contributed by atoms with E-state index in [0.717, 1.165) is 29.9 Å². The highest BCUT2D eigenvalue weighted by Gasteiger charge is 2.21. The van der Waals surface area contributed by atoms with Crippen LogP contribution in [0.4, 0.5) is 0 Å². The number of carbonyl (C=O) groups excluding carboxylic acids is 1. The summed E-state index contributed by atoms with van der Waals surface area (Å²) in [6.07, 6.45) is 3.38. The van der Waals surface area contributed by atoms with Gasteiger partial charge in [-0.25, -0.2) is 0 Å². The molecule has 1 fully saturated rings.